The van der Waals surface area contributed by atoms with Crippen molar-refractivity contribution in [2.75, 3.05) is 0 Å². The van der Waals surface area contributed by atoms with E-state index in [1.165, 1.54) is 0 Å². The molecule has 0 aliphatic carbocycles. The Morgan fingerprint density at radius 3 is 1.69 bits per heavy atom. The molecule has 0 aromatic heterocycles. The Morgan fingerprint density at radius 1 is 0.938 bits per heavy atom. The van der Waals surface area contributed by atoms with Crippen LogP contribution in [0, 0.1) is 23.3 Å². The van der Waals surface area contributed by atoms with Gasteiger partial charge in [0, 0.05) is 0 Å². The number of hydrogen-bond donors (Lipinski definition) is 1. The molecule has 0 aliphatic heterocycles. The normalized spacial score (nSPS) is 11.0. The van der Waals surface area contributed by atoms with Gasteiger partial charge >= 0.3 is 6.61 Å². The number of aliphatic hydroxyl groups excluding tert-OH is 1. The molecule has 1 rings (SSSR count). The lowest BCUT2D eigenvalue weighted by molar-refractivity contribution is -0.0554. The topological polar surface area (TPSA) is 29.5 Å². The smallest absolute Gasteiger partial charge is 0.387 e. The summed E-state index contributed by atoms with van der Waals surface area (Å²) in [5, 5.41) is 8.42. The van der Waals surface area contributed by atoms with Crippen molar-refractivity contribution in [3.8, 4) is 5.75 Å². The van der Waals surface area contributed by atoms with E-state index in [0.29, 0.717) is 0 Å². The lowest BCUT2D eigenvalue weighted by Gasteiger charge is -2.10. The third-order valence-corrected chi connectivity index (χ3v) is 1.68. The summed E-state index contributed by atoms with van der Waals surface area (Å²) in [6, 6.07) is 0. The molecule has 0 amide bonds. The van der Waals surface area contributed by atoms with Gasteiger partial charge < -0.3 is 9.84 Å². The first kappa shape index (κ1) is 12.6. The Kier molecular flexibility index (Phi) is 3.63. The standard InChI is InChI=1S/C8H4F6O2/c9-3-2(1-15)4(10)6(12)7(5(3)11)16-8(13)14/h8,15H,1H2. The van der Waals surface area contributed by atoms with Crippen molar-refractivity contribution in [3.63, 3.8) is 0 Å². The highest BCUT2D eigenvalue weighted by atomic mass is 19.3. The van der Waals surface area contributed by atoms with Crippen molar-refractivity contribution in [2.24, 2.45) is 0 Å². The first-order valence-corrected chi connectivity index (χ1v) is 3.80. The van der Waals surface area contributed by atoms with Crippen LogP contribution in [0.5, 0.6) is 5.75 Å². The molecule has 0 radical (unpaired) electrons. The number of rotatable bonds is 3. The lowest BCUT2D eigenvalue weighted by atomic mass is 10.1. The highest BCUT2D eigenvalue weighted by Crippen LogP contribution is 2.30. The maximum absolute atomic E-state index is 12.9. The van der Waals surface area contributed by atoms with Crippen LogP contribution in [0.3, 0.4) is 0 Å². The lowest BCUT2D eigenvalue weighted by Crippen LogP contribution is -2.11. The van der Waals surface area contributed by atoms with E-state index in [0.717, 1.165) is 0 Å². The molecule has 0 saturated carbocycles. The van der Waals surface area contributed by atoms with E-state index in [-0.39, 0.29) is 0 Å². The average molecular weight is 246 g/mol. The molecular formula is C8H4F6O2. The summed E-state index contributed by atoms with van der Waals surface area (Å²) >= 11 is 0. The molecule has 0 atom stereocenters. The van der Waals surface area contributed by atoms with Crippen molar-refractivity contribution in [1.29, 1.82) is 0 Å². The minimum atomic E-state index is -3.64. The number of benzene rings is 1. The Bertz CT molecular complexity index is 377. The van der Waals surface area contributed by atoms with Gasteiger partial charge in [-0.3, -0.25) is 0 Å². The van der Waals surface area contributed by atoms with Gasteiger partial charge in [-0.05, 0) is 0 Å². The Morgan fingerprint density at radius 2 is 1.38 bits per heavy atom. The number of aliphatic hydroxyl groups is 1. The van der Waals surface area contributed by atoms with Crippen LogP contribution in [0.2, 0.25) is 0 Å². The third kappa shape index (κ3) is 2.06. The number of alkyl halides is 2. The van der Waals surface area contributed by atoms with Crippen LogP contribution in [0.15, 0.2) is 0 Å². The molecule has 0 saturated heterocycles. The van der Waals surface area contributed by atoms with Gasteiger partial charge in [0.15, 0.2) is 11.6 Å². The fourth-order valence-electron chi connectivity index (χ4n) is 0.988. The maximum atomic E-state index is 12.9. The minimum absolute atomic E-state index is 1.29. The summed E-state index contributed by atoms with van der Waals surface area (Å²) in [4.78, 5) is 0. The summed E-state index contributed by atoms with van der Waals surface area (Å²) < 4.78 is 78.2. The van der Waals surface area contributed by atoms with Gasteiger partial charge in [0.1, 0.15) is 0 Å². The molecule has 1 aromatic rings. The summed E-state index contributed by atoms with van der Waals surface area (Å²) in [5.41, 5.74) is -1.29. The van der Waals surface area contributed by atoms with Gasteiger partial charge in [-0.15, -0.1) is 0 Å². The van der Waals surface area contributed by atoms with E-state index in [1.54, 1.807) is 0 Å². The van der Waals surface area contributed by atoms with Crippen LogP contribution in [-0.4, -0.2) is 11.7 Å². The van der Waals surface area contributed by atoms with E-state index in [9.17, 15) is 26.3 Å². The molecule has 0 aliphatic rings. The van der Waals surface area contributed by atoms with Crippen molar-refractivity contribution in [2.45, 2.75) is 13.2 Å². The van der Waals surface area contributed by atoms with Crippen molar-refractivity contribution >= 4 is 0 Å². The minimum Gasteiger partial charge on any atom is -0.428 e. The molecule has 2 nitrogen and oxygen atoms in total. The molecule has 0 fully saturated rings. The van der Waals surface area contributed by atoms with E-state index in [2.05, 4.69) is 4.74 Å². The third-order valence-electron chi connectivity index (χ3n) is 1.68. The summed E-state index contributed by atoms with van der Waals surface area (Å²) in [6.45, 7) is -4.96. The summed E-state index contributed by atoms with van der Waals surface area (Å²) in [6.07, 6.45) is 0. The number of halogens is 6. The summed E-state index contributed by atoms with van der Waals surface area (Å²) in [7, 11) is 0. The molecule has 90 valence electrons. The average Bonchev–Trinajstić information content (AvgIpc) is 2.22. The van der Waals surface area contributed by atoms with E-state index < -0.39 is 47.8 Å². The number of hydrogen-bond acceptors (Lipinski definition) is 2. The quantitative estimate of drug-likeness (QED) is 0.655. The zero-order valence-electron chi connectivity index (χ0n) is 7.41. The molecule has 0 heterocycles. The maximum Gasteiger partial charge on any atom is 0.387 e. The molecule has 0 unspecified atom stereocenters. The predicted molar refractivity (Wildman–Crippen MR) is 38.8 cm³/mol. The first-order chi connectivity index (χ1) is 7.40. The van der Waals surface area contributed by atoms with Crippen LogP contribution in [0.1, 0.15) is 5.56 Å². The van der Waals surface area contributed by atoms with Crippen LogP contribution in [0.25, 0.3) is 0 Å². The SMILES string of the molecule is OCc1c(F)c(F)c(OC(F)F)c(F)c1F. The summed E-state index contributed by atoms with van der Waals surface area (Å²) in [5.74, 6) is -10.1. The van der Waals surface area contributed by atoms with Gasteiger partial charge in [0.05, 0.1) is 12.2 Å². The van der Waals surface area contributed by atoms with Gasteiger partial charge in [-0.2, -0.15) is 17.6 Å². The van der Waals surface area contributed by atoms with Crippen molar-refractivity contribution < 1.29 is 36.2 Å². The Balaban J connectivity index is 3.41. The molecular weight excluding hydrogens is 242 g/mol. The van der Waals surface area contributed by atoms with Crippen LogP contribution in [0.4, 0.5) is 26.3 Å². The molecule has 1 aromatic carbocycles. The van der Waals surface area contributed by atoms with E-state index >= 15 is 0 Å². The molecule has 16 heavy (non-hydrogen) atoms. The largest absolute Gasteiger partial charge is 0.428 e. The second-order valence-corrected chi connectivity index (χ2v) is 2.60. The highest BCUT2D eigenvalue weighted by Gasteiger charge is 2.27. The van der Waals surface area contributed by atoms with Gasteiger partial charge in [-0.25, -0.2) is 8.78 Å². The van der Waals surface area contributed by atoms with Gasteiger partial charge in [0.25, 0.3) is 0 Å². The van der Waals surface area contributed by atoms with E-state index in [1.807, 2.05) is 0 Å². The van der Waals surface area contributed by atoms with Gasteiger partial charge in [-0.1, -0.05) is 0 Å². The van der Waals surface area contributed by atoms with Crippen LogP contribution in [-0.2, 0) is 6.61 Å². The van der Waals surface area contributed by atoms with Crippen LogP contribution < -0.4 is 4.74 Å². The molecule has 0 spiro atoms. The fourth-order valence-corrected chi connectivity index (χ4v) is 0.988. The fraction of sp³-hybridized carbons (Fsp3) is 0.250. The zero-order valence-corrected chi connectivity index (χ0v) is 7.41. The van der Waals surface area contributed by atoms with Gasteiger partial charge in [0.2, 0.25) is 17.4 Å². The first-order valence-electron chi connectivity index (χ1n) is 3.80. The zero-order chi connectivity index (χ0) is 12.5. The Labute approximate surface area is 85.1 Å². The molecule has 0 bridgehead atoms. The molecule has 1 N–H and O–H groups in total. The van der Waals surface area contributed by atoms with E-state index in [4.69, 9.17) is 5.11 Å². The van der Waals surface area contributed by atoms with Crippen LogP contribution >= 0.6 is 0 Å². The second-order valence-electron chi connectivity index (χ2n) is 2.60. The van der Waals surface area contributed by atoms with Crippen molar-refractivity contribution in [1.82, 2.24) is 0 Å². The van der Waals surface area contributed by atoms with Crippen molar-refractivity contribution in [3.05, 3.63) is 28.8 Å². The highest BCUT2D eigenvalue weighted by molar-refractivity contribution is 5.34. The Hall–Kier alpha value is -1.44. The number of ether oxygens (including phenoxy) is 1. The second kappa shape index (κ2) is 4.60. The predicted octanol–water partition coefficient (Wildman–Crippen LogP) is 2.34. The molecule has 8 heteroatoms. The monoisotopic (exact) mass is 246 g/mol.